The zero-order valence-corrected chi connectivity index (χ0v) is 15.4. The minimum absolute atomic E-state index is 0.621. The molecule has 112 valence electrons. The molecule has 0 radical (unpaired) electrons. The molecule has 0 fully saturated rings. The van der Waals surface area contributed by atoms with Gasteiger partial charge in [-0.05, 0) is 70.5 Å². The van der Waals surface area contributed by atoms with Crippen molar-refractivity contribution in [2.45, 2.75) is 6.54 Å². The Balaban J connectivity index is 1.72. The lowest BCUT2D eigenvalue weighted by Gasteiger charge is -2.05. The van der Waals surface area contributed by atoms with Crippen molar-refractivity contribution in [3.05, 3.63) is 74.3 Å². The van der Waals surface area contributed by atoms with Gasteiger partial charge in [0.25, 0.3) is 0 Å². The second-order valence-electron chi connectivity index (χ2n) is 4.75. The monoisotopic (exact) mass is 439 g/mol. The maximum atomic E-state index is 5.90. The molecule has 0 unspecified atom stereocenters. The van der Waals surface area contributed by atoms with Gasteiger partial charge in [-0.25, -0.2) is 0 Å². The van der Waals surface area contributed by atoms with E-state index in [9.17, 15) is 0 Å². The number of furan rings is 1. The van der Waals surface area contributed by atoms with Gasteiger partial charge in [-0.15, -0.1) is 0 Å². The number of benzene rings is 2. The van der Waals surface area contributed by atoms with Crippen LogP contribution in [0.25, 0.3) is 11.3 Å². The fourth-order valence-corrected chi connectivity index (χ4v) is 3.43. The maximum absolute atomic E-state index is 5.90. The summed E-state index contributed by atoms with van der Waals surface area (Å²) in [5.74, 6) is 1.71. The van der Waals surface area contributed by atoms with Gasteiger partial charge in [0.15, 0.2) is 0 Å². The Kier molecular flexibility index (Phi) is 4.91. The molecule has 0 aliphatic rings. The SMILES string of the molecule is Clc1ccc(NCc2ccc(-c3ccc(Br)cc3Br)o2)cc1. The van der Waals surface area contributed by atoms with Crippen LogP contribution in [0.5, 0.6) is 0 Å². The van der Waals surface area contributed by atoms with E-state index < -0.39 is 0 Å². The summed E-state index contributed by atoms with van der Waals surface area (Å²) in [4.78, 5) is 0. The summed E-state index contributed by atoms with van der Waals surface area (Å²) in [5.41, 5.74) is 2.04. The number of halogens is 3. The van der Waals surface area contributed by atoms with Crippen molar-refractivity contribution >= 4 is 49.1 Å². The first-order chi connectivity index (χ1) is 10.6. The van der Waals surface area contributed by atoms with E-state index in [0.29, 0.717) is 6.54 Å². The fourth-order valence-electron chi connectivity index (χ4n) is 2.06. The average Bonchev–Trinajstić information content (AvgIpc) is 2.95. The molecule has 5 heteroatoms. The largest absolute Gasteiger partial charge is 0.459 e. The molecule has 0 spiro atoms. The van der Waals surface area contributed by atoms with Crippen molar-refractivity contribution in [1.29, 1.82) is 0 Å². The van der Waals surface area contributed by atoms with Crippen LogP contribution in [0.15, 0.2) is 68.0 Å². The van der Waals surface area contributed by atoms with Gasteiger partial charge < -0.3 is 9.73 Å². The van der Waals surface area contributed by atoms with Crippen molar-refractivity contribution in [1.82, 2.24) is 0 Å². The van der Waals surface area contributed by atoms with E-state index in [1.807, 2.05) is 54.6 Å². The zero-order chi connectivity index (χ0) is 15.5. The Labute approximate surface area is 150 Å². The number of rotatable bonds is 4. The maximum Gasteiger partial charge on any atom is 0.135 e. The number of nitrogens with one attached hydrogen (secondary N) is 1. The molecule has 0 aliphatic heterocycles. The van der Waals surface area contributed by atoms with Crippen LogP contribution in [0.2, 0.25) is 5.02 Å². The lowest BCUT2D eigenvalue weighted by Crippen LogP contribution is -1.97. The van der Waals surface area contributed by atoms with E-state index in [0.717, 1.165) is 36.7 Å². The average molecular weight is 442 g/mol. The molecule has 2 nitrogen and oxygen atoms in total. The molecule has 0 saturated heterocycles. The molecule has 2 aromatic carbocycles. The molecule has 0 aliphatic carbocycles. The van der Waals surface area contributed by atoms with Crippen molar-refractivity contribution < 1.29 is 4.42 Å². The van der Waals surface area contributed by atoms with Gasteiger partial charge in [-0.2, -0.15) is 0 Å². The van der Waals surface area contributed by atoms with Crippen molar-refractivity contribution in [2.75, 3.05) is 5.32 Å². The fraction of sp³-hybridized carbons (Fsp3) is 0.0588. The Hall–Kier alpha value is -1.23. The molecular formula is C17H12Br2ClNO. The highest BCUT2D eigenvalue weighted by Gasteiger charge is 2.08. The highest BCUT2D eigenvalue weighted by molar-refractivity contribution is 9.11. The summed E-state index contributed by atoms with van der Waals surface area (Å²) in [6.45, 7) is 0.621. The van der Waals surface area contributed by atoms with Gasteiger partial charge in [0.1, 0.15) is 11.5 Å². The first-order valence-electron chi connectivity index (χ1n) is 6.65. The van der Waals surface area contributed by atoms with Crippen LogP contribution in [0.1, 0.15) is 5.76 Å². The van der Waals surface area contributed by atoms with Crippen LogP contribution in [0.3, 0.4) is 0 Å². The van der Waals surface area contributed by atoms with Gasteiger partial charge in [-0.3, -0.25) is 0 Å². The molecule has 0 atom stereocenters. The molecule has 1 heterocycles. The normalized spacial score (nSPS) is 10.7. The topological polar surface area (TPSA) is 25.2 Å². The van der Waals surface area contributed by atoms with Crippen LogP contribution in [-0.2, 0) is 6.54 Å². The molecule has 22 heavy (non-hydrogen) atoms. The smallest absolute Gasteiger partial charge is 0.135 e. The van der Waals surface area contributed by atoms with Crippen LogP contribution in [0, 0.1) is 0 Å². The molecule has 0 saturated carbocycles. The Morgan fingerprint density at radius 1 is 0.955 bits per heavy atom. The van der Waals surface area contributed by atoms with E-state index in [-0.39, 0.29) is 0 Å². The predicted molar refractivity (Wildman–Crippen MR) is 98.3 cm³/mol. The number of hydrogen-bond donors (Lipinski definition) is 1. The lowest BCUT2D eigenvalue weighted by atomic mass is 10.2. The van der Waals surface area contributed by atoms with Crippen molar-refractivity contribution in [3.63, 3.8) is 0 Å². The zero-order valence-electron chi connectivity index (χ0n) is 11.4. The summed E-state index contributed by atoms with van der Waals surface area (Å²) >= 11 is 12.9. The predicted octanol–water partition coefficient (Wildman–Crippen LogP) is 6.74. The molecular weight excluding hydrogens is 429 g/mol. The second-order valence-corrected chi connectivity index (χ2v) is 6.96. The summed E-state index contributed by atoms with van der Waals surface area (Å²) < 4.78 is 7.92. The van der Waals surface area contributed by atoms with Gasteiger partial charge >= 0.3 is 0 Å². The van der Waals surface area contributed by atoms with E-state index in [1.165, 1.54) is 0 Å². The Morgan fingerprint density at radius 2 is 1.73 bits per heavy atom. The minimum atomic E-state index is 0.621. The summed E-state index contributed by atoms with van der Waals surface area (Å²) in [5, 5.41) is 4.03. The van der Waals surface area contributed by atoms with E-state index >= 15 is 0 Å². The third kappa shape index (κ3) is 3.75. The standard InChI is InChI=1S/C17H12Br2ClNO/c18-11-1-7-15(16(19)9-11)17-8-6-14(22-17)10-21-13-4-2-12(20)3-5-13/h1-9,21H,10H2. The Bertz CT molecular complexity index is 784. The van der Waals surface area contributed by atoms with Gasteiger partial charge in [-0.1, -0.05) is 27.5 Å². The molecule has 0 amide bonds. The molecule has 1 aromatic heterocycles. The van der Waals surface area contributed by atoms with Crippen LogP contribution < -0.4 is 5.32 Å². The second kappa shape index (κ2) is 6.90. The first-order valence-corrected chi connectivity index (χ1v) is 8.62. The van der Waals surface area contributed by atoms with E-state index in [4.69, 9.17) is 16.0 Å². The van der Waals surface area contributed by atoms with Gasteiger partial charge in [0.2, 0.25) is 0 Å². The van der Waals surface area contributed by atoms with Gasteiger partial charge in [0.05, 0.1) is 6.54 Å². The highest BCUT2D eigenvalue weighted by Crippen LogP contribution is 2.32. The summed E-state index contributed by atoms with van der Waals surface area (Å²) in [7, 11) is 0. The van der Waals surface area contributed by atoms with Crippen molar-refractivity contribution in [3.8, 4) is 11.3 Å². The lowest BCUT2D eigenvalue weighted by molar-refractivity contribution is 0.531. The molecule has 0 bridgehead atoms. The molecule has 1 N–H and O–H groups in total. The van der Waals surface area contributed by atoms with Crippen LogP contribution in [-0.4, -0.2) is 0 Å². The van der Waals surface area contributed by atoms with Crippen molar-refractivity contribution in [2.24, 2.45) is 0 Å². The van der Waals surface area contributed by atoms with E-state index in [2.05, 4.69) is 37.2 Å². The third-order valence-electron chi connectivity index (χ3n) is 3.17. The van der Waals surface area contributed by atoms with E-state index in [1.54, 1.807) is 0 Å². The summed E-state index contributed by atoms with van der Waals surface area (Å²) in [6.07, 6.45) is 0. The third-order valence-corrected chi connectivity index (χ3v) is 4.57. The van der Waals surface area contributed by atoms with Crippen LogP contribution >= 0.6 is 43.5 Å². The first kappa shape index (κ1) is 15.7. The number of anilines is 1. The minimum Gasteiger partial charge on any atom is -0.459 e. The molecule has 3 aromatic rings. The highest BCUT2D eigenvalue weighted by atomic mass is 79.9. The number of hydrogen-bond acceptors (Lipinski definition) is 2. The Morgan fingerprint density at radius 3 is 2.45 bits per heavy atom. The quantitative estimate of drug-likeness (QED) is 0.485. The molecule has 3 rings (SSSR count). The van der Waals surface area contributed by atoms with Gasteiger partial charge in [0, 0.05) is 25.2 Å². The van der Waals surface area contributed by atoms with Crippen LogP contribution in [0.4, 0.5) is 5.69 Å². The summed E-state index contributed by atoms with van der Waals surface area (Å²) in [6, 6.07) is 17.6.